The van der Waals surface area contributed by atoms with Gasteiger partial charge in [-0.2, -0.15) is 0 Å². The Kier molecular flexibility index (Phi) is 5.48. The van der Waals surface area contributed by atoms with E-state index < -0.39 is 0 Å². The molecule has 1 aromatic carbocycles. The molecule has 1 aliphatic rings. The Labute approximate surface area is 115 Å². The van der Waals surface area contributed by atoms with Crippen LogP contribution in [0.1, 0.15) is 18.4 Å². The molecule has 1 aromatic rings. The Morgan fingerprint density at radius 1 is 1.42 bits per heavy atom. The quantitative estimate of drug-likeness (QED) is 0.854. The molecule has 1 unspecified atom stereocenters. The number of para-hydroxylation sites is 1. The number of hydrogen-bond acceptors (Lipinski definition) is 4. The van der Waals surface area contributed by atoms with Crippen LogP contribution in [0.3, 0.4) is 0 Å². The average molecular weight is 265 g/mol. The van der Waals surface area contributed by atoms with Gasteiger partial charge < -0.3 is 19.5 Å². The van der Waals surface area contributed by atoms with E-state index in [9.17, 15) is 0 Å². The summed E-state index contributed by atoms with van der Waals surface area (Å²) in [6, 6.07) is 6.05. The van der Waals surface area contributed by atoms with E-state index in [4.69, 9.17) is 14.2 Å². The largest absolute Gasteiger partial charge is 0.493 e. The number of rotatable bonds is 6. The van der Waals surface area contributed by atoms with Crippen molar-refractivity contribution in [3.05, 3.63) is 23.8 Å². The first-order valence-corrected chi connectivity index (χ1v) is 6.90. The summed E-state index contributed by atoms with van der Waals surface area (Å²) < 4.78 is 17.0. The fourth-order valence-electron chi connectivity index (χ4n) is 2.28. The van der Waals surface area contributed by atoms with Crippen molar-refractivity contribution in [1.82, 2.24) is 5.32 Å². The van der Waals surface area contributed by atoms with Crippen LogP contribution >= 0.6 is 0 Å². The minimum Gasteiger partial charge on any atom is -0.493 e. The molecular weight excluding hydrogens is 242 g/mol. The maximum absolute atomic E-state index is 6.13. The summed E-state index contributed by atoms with van der Waals surface area (Å²) in [6.45, 7) is 2.44. The second-order valence-electron chi connectivity index (χ2n) is 4.76. The molecule has 1 heterocycles. The van der Waals surface area contributed by atoms with E-state index in [-0.39, 0.29) is 6.10 Å². The molecule has 0 spiro atoms. The lowest BCUT2D eigenvalue weighted by Crippen LogP contribution is -2.28. The van der Waals surface area contributed by atoms with Gasteiger partial charge in [-0.05, 0) is 44.5 Å². The first-order chi connectivity index (χ1) is 9.35. The Balaban J connectivity index is 2.14. The predicted octanol–water partition coefficient (Wildman–Crippen LogP) is 2.01. The number of ether oxygens (including phenoxy) is 3. The zero-order chi connectivity index (χ0) is 13.5. The molecule has 0 saturated carbocycles. The molecule has 1 fully saturated rings. The van der Waals surface area contributed by atoms with Gasteiger partial charge in [0, 0.05) is 6.61 Å². The van der Waals surface area contributed by atoms with Crippen molar-refractivity contribution in [3.8, 4) is 11.5 Å². The molecule has 1 aliphatic heterocycles. The van der Waals surface area contributed by atoms with E-state index >= 15 is 0 Å². The summed E-state index contributed by atoms with van der Waals surface area (Å²) in [5, 5.41) is 3.16. The monoisotopic (exact) mass is 265 g/mol. The van der Waals surface area contributed by atoms with E-state index in [1.807, 2.05) is 19.2 Å². The Hall–Kier alpha value is -1.26. The van der Waals surface area contributed by atoms with Gasteiger partial charge in [0.05, 0.1) is 13.7 Å². The van der Waals surface area contributed by atoms with Gasteiger partial charge in [-0.3, -0.25) is 0 Å². The summed E-state index contributed by atoms with van der Waals surface area (Å²) in [4.78, 5) is 0. The molecule has 1 atom stereocenters. The standard InChI is InChI=1S/C15H23NO3/c1-16-9-8-12-5-3-7-14(17-2)15(12)19-13-6-4-10-18-11-13/h3,5,7,13,16H,4,6,8-11H2,1-2H3. The van der Waals surface area contributed by atoms with Gasteiger partial charge >= 0.3 is 0 Å². The molecule has 0 radical (unpaired) electrons. The lowest BCUT2D eigenvalue weighted by molar-refractivity contribution is 0.00604. The second kappa shape index (κ2) is 7.36. The van der Waals surface area contributed by atoms with Crippen molar-refractivity contribution in [2.45, 2.75) is 25.4 Å². The summed E-state index contributed by atoms with van der Waals surface area (Å²) in [5.41, 5.74) is 1.18. The van der Waals surface area contributed by atoms with Crippen LogP contribution in [-0.2, 0) is 11.2 Å². The van der Waals surface area contributed by atoms with Crippen LogP contribution < -0.4 is 14.8 Å². The van der Waals surface area contributed by atoms with Gasteiger partial charge in [-0.1, -0.05) is 12.1 Å². The summed E-state index contributed by atoms with van der Waals surface area (Å²) in [5.74, 6) is 1.68. The molecule has 4 heteroatoms. The number of nitrogens with one attached hydrogen (secondary N) is 1. The number of benzene rings is 1. The first kappa shape index (κ1) is 14.2. The van der Waals surface area contributed by atoms with Crippen molar-refractivity contribution >= 4 is 0 Å². The molecule has 1 N–H and O–H groups in total. The molecule has 0 bridgehead atoms. The normalized spacial score (nSPS) is 19.2. The van der Waals surface area contributed by atoms with E-state index in [2.05, 4.69) is 11.4 Å². The minimum absolute atomic E-state index is 0.137. The summed E-state index contributed by atoms with van der Waals surface area (Å²) >= 11 is 0. The Morgan fingerprint density at radius 2 is 2.32 bits per heavy atom. The molecule has 1 saturated heterocycles. The highest BCUT2D eigenvalue weighted by Crippen LogP contribution is 2.33. The molecule has 2 rings (SSSR count). The smallest absolute Gasteiger partial charge is 0.164 e. The van der Waals surface area contributed by atoms with E-state index in [1.165, 1.54) is 5.56 Å². The molecule has 0 amide bonds. The molecule has 0 aliphatic carbocycles. The lowest BCUT2D eigenvalue weighted by Gasteiger charge is -2.25. The second-order valence-corrected chi connectivity index (χ2v) is 4.76. The predicted molar refractivity (Wildman–Crippen MR) is 75.1 cm³/mol. The highest BCUT2D eigenvalue weighted by molar-refractivity contribution is 5.47. The molecule has 106 valence electrons. The van der Waals surface area contributed by atoms with Crippen molar-refractivity contribution in [1.29, 1.82) is 0 Å². The minimum atomic E-state index is 0.137. The van der Waals surface area contributed by atoms with Gasteiger partial charge in [0.2, 0.25) is 0 Å². The first-order valence-electron chi connectivity index (χ1n) is 6.90. The maximum Gasteiger partial charge on any atom is 0.164 e. The average Bonchev–Trinajstić information content (AvgIpc) is 2.47. The van der Waals surface area contributed by atoms with Crippen LogP contribution in [0.2, 0.25) is 0 Å². The third-order valence-electron chi connectivity index (χ3n) is 3.33. The third-order valence-corrected chi connectivity index (χ3v) is 3.33. The van der Waals surface area contributed by atoms with Crippen LogP contribution in [0.5, 0.6) is 11.5 Å². The molecule has 19 heavy (non-hydrogen) atoms. The fourth-order valence-corrected chi connectivity index (χ4v) is 2.28. The fraction of sp³-hybridized carbons (Fsp3) is 0.600. The van der Waals surface area contributed by atoms with Crippen LogP contribution in [-0.4, -0.2) is 40.0 Å². The highest BCUT2D eigenvalue weighted by atomic mass is 16.5. The zero-order valence-electron chi connectivity index (χ0n) is 11.8. The molecular formula is C15H23NO3. The molecule has 0 aromatic heterocycles. The van der Waals surface area contributed by atoms with Gasteiger partial charge in [-0.15, -0.1) is 0 Å². The highest BCUT2D eigenvalue weighted by Gasteiger charge is 2.19. The number of hydrogen-bond donors (Lipinski definition) is 1. The van der Waals surface area contributed by atoms with Crippen LogP contribution in [0.25, 0.3) is 0 Å². The Morgan fingerprint density at radius 3 is 3.00 bits per heavy atom. The van der Waals surface area contributed by atoms with Crippen LogP contribution in [0, 0.1) is 0 Å². The number of methoxy groups -OCH3 is 1. The van der Waals surface area contributed by atoms with Gasteiger partial charge in [0.25, 0.3) is 0 Å². The third kappa shape index (κ3) is 3.85. The van der Waals surface area contributed by atoms with Crippen molar-refractivity contribution in [2.24, 2.45) is 0 Å². The molecule has 4 nitrogen and oxygen atoms in total. The van der Waals surface area contributed by atoms with Crippen molar-refractivity contribution in [3.63, 3.8) is 0 Å². The van der Waals surface area contributed by atoms with Gasteiger partial charge in [0.1, 0.15) is 6.10 Å². The topological polar surface area (TPSA) is 39.7 Å². The van der Waals surface area contributed by atoms with Crippen molar-refractivity contribution in [2.75, 3.05) is 33.9 Å². The Bertz CT molecular complexity index is 389. The SMILES string of the molecule is CNCCc1cccc(OC)c1OC1CCCOC1. The van der Waals surface area contributed by atoms with Gasteiger partial charge in [0.15, 0.2) is 11.5 Å². The van der Waals surface area contributed by atoms with Crippen LogP contribution in [0.15, 0.2) is 18.2 Å². The van der Waals surface area contributed by atoms with Crippen molar-refractivity contribution < 1.29 is 14.2 Å². The van der Waals surface area contributed by atoms with E-state index in [0.717, 1.165) is 43.9 Å². The summed E-state index contributed by atoms with van der Waals surface area (Å²) in [6.07, 6.45) is 3.17. The summed E-state index contributed by atoms with van der Waals surface area (Å²) in [7, 11) is 3.64. The number of likely N-dealkylation sites (N-methyl/N-ethyl adjacent to an activating group) is 1. The van der Waals surface area contributed by atoms with E-state index in [0.29, 0.717) is 6.61 Å². The van der Waals surface area contributed by atoms with E-state index in [1.54, 1.807) is 7.11 Å². The van der Waals surface area contributed by atoms with Gasteiger partial charge in [-0.25, -0.2) is 0 Å². The zero-order valence-corrected chi connectivity index (χ0v) is 11.8. The maximum atomic E-state index is 6.13. The lowest BCUT2D eigenvalue weighted by atomic mass is 10.1. The van der Waals surface area contributed by atoms with Crippen LogP contribution in [0.4, 0.5) is 0 Å².